The van der Waals surface area contributed by atoms with Crippen LogP contribution in [0.3, 0.4) is 0 Å². The predicted molar refractivity (Wildman–Crippen MR) is 89.3 cm³/mol. The second-order valence-corrected chi connectivity index (χ2v) is 6.46. The summed E-state index contributed by atoms with van der Waals surface area (Å²) in [4.78, 5) is 1.33. The van der Waals surface area contributed by atoms with Crippen molar-refractivity contribution in [3.63, 3.8) is 0 Å². The maximum absolute atomic E-state index is 5.86. The highest BCUT2D eigenvalue weighted by molar-refractivity contribution is 7.99. The second kappa shape index (κ2) is 11.4. The van der Waals surface area contributed by atoms with Crippen molar-refractivity contribution >= 4 is 23.4 Å². The fraction of sp³-hybridized carbons (Fsp3) is 0.529. The molecule has 0 aromatic heterocycles. The summed E-state index contributed by atoms with van der Waals surface area (Å²) in [6.07, 6.45) is 12.7. The van der Waals surface area contributed by atoms with Gasteiger partial charge in [0.05, 0.1) is 0 Å². The molecule has 0 radical (unpaired) electrons. The molecule has 0 heterocycles. The zero-order valence-corrected chi connectivity index (χ0v) is 13.3. The number of unbranched alkanes of at least 4 members (excludes halogenated alkanes) is 7. The Morgan fingerprint density at radius 1 is 0.895 bits per heavy atom. The Labute approximate surface area is 127 Å². The van der Waals surface area contributed by atoms with Gasteiger partial charge in [0.15, 0.2) is 0 Å². The van der Waals surface area contributed by atoms with E-state index in [1.807, 2.05) is 30.0 Å². The SMILES string of the molecule is C=CCCCCCCCCCSc1ccc(Cl)cc1. The minimum absolute atomic E-state index is 0.820. The maximum atomic E-state index is 5.86. The molecule has 0 aliphatic heterocycles. The first-order valence-corrected chi connectivity index (χ1v) is 8.68. The van der Waals surface area contributed by atoms with Gasteiger partial charge in [-0.25, -0.2) is 0 Å². The van der Waals surface area contributed by atoms with Crippen LogP contribution in [0.1, 0.15) is 51.4 Å². The van der Waals surface area contributed by atoms with Crippen LogP contribution >= 0.6 is 23.4 Å². The molecule has 1 aromatic carbocycles. The van der Waals surface area contributed by atoms with Gasteiger partial charge >= 0.3 is 0 Å². The van der Waals surface area contributed by atoms with E-state index in [9.17, 15) is 0 Å². The van der Waals surface area contributed by atoms with Crippen molar-refractivity contribution in [2.45, 2.75) is 56.3 Å². The number of benzene rings is 1. The van der Waals surface area contributed by atoms with Crippen molar-refractivity contribution in [1.29, 1.82) is 0 Å². The summed E-state index contributed by atoms with van der Waals surface area (Å²) in [5.74, 6) is 1.22. The van der Waals surface area contributed by atoms with Gasteiger partial charge in [0.1, 0.15) is 0 Å². The molecule has 19 heavy (non-hydrogen) atoms. The van der Waals surface area contributed by atoms with E-state index < -0.39 is 0 Å². The highest BCUT2D eigenvalue weighted by atomic mass is 35.5. The molecule has 1 rings (SSSR count). The van der Waals surface area contributed by atoms with Gasteiger partial charge in [0, 0.05) is 9.92 Å². The van der Waals surface area contributed by atoms with E-state index in [1.165, 1.54) is 62.0 Å². The van der Waals surface area contributed by atoms with Crippen LogP contribution in [0.2, 0.25) is 5.02 Å². The Morgan fingerprint density at radius 3 is 2.11 bits per heavy atom. The smallest absolute Gasteiger partial charge is 0.0406 e. The second-order valence-electron chi connectivity index (χ2n) is 4.85. The first-order chi connectivity index (χ1) is 9.33. The zero-order chi connectivity index (χ0) is 13.8. The minimum Gasteiger partial charge on any atom is -0.126 e. The summed E-state index contributed by atoms with van der Waals surface area (Å²) in [7, 11) is 0. The number of halogens is 1. The predicted octanol–water partition coefficient (Wildman–Crippen LogP) is 6.74. The number of thioether (sulfide) groups is 1. The van der Waals surface area contributed by atoms with E-state index in [4.69, 9.17) is 11.6 Å². The topological polar surface area (TPSA) is 0 Å². The van der Waals surface area contributed by atoms with E-state index in [2.05, 4.69) is 18.7 Å². The Kier molecular flexibility index (Phi) is 10.0. The quantitative estimate of drug-likeness (QED) is 0.247. The minimum atomic E-state index is 0.820. The van der Waals surface area contributed by atoms with Crippen molar-refractivity contribution in [2.24, 2.45) is 0 Å². The lowest BCUT2D eigenvalue weighted by Gasteiger charge is -2.03. The molecule has 0 aliphatic rings. The van der Waals surface area contributed by atoms with E-state index in [0.29, 0.717) is 0 Å². The molecule has 0 aliphatic carbocycles. The Balaban J connectivity index is 1.88. The summed E-state index contributed by atoms with van der Waals surface area (Å²) in [6, 6.07) is 8.14. The summed E-state index contributed by atoms with van der Waals surface area (Å²) >= 11 is 7.80. The summed E-state index contributed by atoms with van der Waals surface area (Å²) in [5.41, 5.74) is 0. The lowest BCUT2D eigenvalue weighted by atomic mass is 10.1. The van der Waals surface area contributed by atoms with Crippen LogP contribution in [-0.4, -0.2) is 5.75 Å². The fourth-order valence-electron chi connectivity index (χ4n) is 2.00. The van der Waals surface area contributed by atoms with Gasteiger partial charge in [-0.15, -0.1) is 18.3 Å². The molecule has 0 unspecified atom stereocenters. The molecule has 0 saturated carbocycles. The highest BCUT2D eigenvalue weighted by Crippen LogP contribution is 2.21. The molecule has 0 atom stereocenters. The number of allylic oxidation sites excluding steroid dienone is 1. The third-order valence-corrected chi connectivity index (χ3v) is 4.49. The van der Waals surface area contributed by atoms with Crippen molar-refractivity contribution < 1.29 is 0 Å². The van der Waals surface area contributed by atoms with Crippen LogP contribution in [0, 0.1) is 0 Å². The lowest BCUT2D eigenvalue weighted by molar-refractivity contribution is 0.593. The molecule has 2 heteroatoms. The van der Waals surface area contributed by atoms with E-state index >= 15 is 0 Å². The van der Waals surface area contributed by atoms with E-state index in [-0.39, 0.29) is 0 Å². The van der Waals surface area contributed by atoms with Crippen LogP contribution in [-0.2, 0) is 0 Å². The van der Waals surface area contributed by atoms with Gasteiger partial charge in [0.25, 0.3) is 0 Å². The van der Waals surface area contributed by atoms with Gasteiger partial charge in [0.2, 0.25) is 0 Å². The maximum Gasteiger partial charge on any atom is 0.0406 e. The summed E-state index contributed by atoms with van der Waals surface area (Å²) in [6.45, 7) is 3.75. The van der Waals surface area contributed by atoms with Crippen molar-refractivity contribution in [1.82, 2.24) is 0 Å². The number of hydrogen-bond donors (Lipinski definition) is 0. The first kappa shape index (κ1) is 16.7. The zero-order valence-electron chi connectivity index (χ0n) is 11.7. The van der Waals surface area contributed by atoms with Crippen LogP contribution < -0.4 is 0 Å². The lowest BCUT2D eigenvalue weighted by Crippen LogP contribution is -1.83. The van der Waals surface area contributed by atoms with Gasteiger partial charge < -0.3 is 0 Å². The van der Waals surface area contributed by atoms with E-state index in [1.54, 1.807) is 0 Å². The molecule has 0 N–H and O–H groups in total. The van der Waals surface area contributed by atoms with Gasteiger partial charge in [-0.2, -0.15) is 0 Å². The molecule has 1 aromatic rings. The molecule has 0 bridgehead atoms. The Bertz CT molecular complexity index is 332. The van der Waals surface area contributed by atoms with E-state index in [0.717, 1.165) is 5.02 Å². The Morgan fingerprint density at radius 2 is 1.47 bits per heavy atom. The summed E-state index contributed by atoms with van der Waals surface area (Å²) in [5, 5.41) is 0.820. The third kappa shape index (κ3) is 9.18. The molecule has 0 fully saturated rings. The van der Waals surface area contributed by atoms with Crippen LogP contribution in [0.5, 0.6) is 0 Å². The molecular weight excluding hydrogens is 272 g/mol. The average molecular weight is 297 g/mol. The molecule has 0 nitrogen and oxygen atoms in total. The molecule has 106 valence electrons. The fourth-order valence-corrected chi connectivity index (χ4v) is 3.03. The third-order valence-electron chi connectivity index (χ3n) is 3.13. The van der Waals surface area contributed by atoms with Crippen molar-refractivity contribution in [2.75, 3.05) is 5.75 Å². The standard InChI is InChI=1S/C17H25ClS/c1-2-3-4-5-6-7-8-9-10-15-19-17-13-11-16(18)12-14-17/h2,11-14H,1,3-10,15H2. The van der Waals surface area contributed by atoms with Crippen LogP contribution in [0.25, 0.3) is 0 Å². The van der Waals surface area contributed by atoms with Gasteiger partial charge in [-0.3, -0.25) is 0 Å². The van der Waals surface area contributed by atoms with Crippen LogP contribution in [0.4, 0.5) is 0 Å². The van der Waals surface area contributed by atoms with Gasteiger partial charge in [-0.1, -0.05) is 49.8 Å². The summed E-state index contributed by atoms with van der Waals surface area (Å²) < 4.78 is 0. The highest BCUT2D eigenvalue weighted by Gasteiger charge is 1.95. The van der Waals surface area contributed by atoms with Crippen molar-refractivity contribution in [3.05, 3.63) is 41.9 Å². The largest absolute Gasteiger partial charge is 0.126 e. The van der Waals surface area contributed by atoms with Crippen LogP contribution in [0.15, 0.2) is 41.8 Å². The van der Waals surface area contributed by atoms with Crippen molar-refractivity contribution in [3.8, 4) is 0 Å². The van der Waals surface area contributed by atoms with Gasteiger partial charge in [-0.05, 0) is 49.3 Å². The molecular formula is C17H25ClS. The average Bonchev–Trinajstić information content (AvgIpc) is 2.43. The molecule has 0 saturated heterocycles. The number of rotatable bonds is 11. The molecule has 0 amide bonds. The Hall–Kier alpha value is -0.400. The first-order valence-electron chi connectivity index (χ1n) is 7.32. The molecule has 0 spiro atoms. The monoisotopic (exact) mass is 296 g/mol. The number of hydrogen-bond acceptors (Lipinski definition) is 1. The normalized spacial score (nSPS) is 10.6.